The van der Waals surface area contributed by atoms with Gasteiger partial charge in [-0.1, -0.05) is 30.3 Å². The quantitative estimate of drug-likeness (QED) is 0.783. The number of aryl methyl sites for hydroxylation is 1. The molecular weight excluding hydrogens is 238 g/mol. The summed E-state index contributed by atoms with van der Waals surface area (Å²) in [5, 5.41) is 3.56. The molecule has 2 rings (SSSR count). The van der Waals surface area contributed by atoms with Gasteiger partial charge in [-0.15, -0.1) is 11.8 Å². The number of anilines is 1. The van der Waals surface area contributed by atoms with Crippen LogP contribution in [0.4, 0.5) is 5.69 Å². The molecule has 0 saturated carbocycles. The third kappa shape index (κ3) is 3.08. The van der Waals surface area contributed by atoms with Crippen molar-refractivity contribution in [1.82, 2.24) is 0 Å². The molecule has 0 radical (unpaired) electrons. The highest BCUT2D eigenvalue weighted by Crippen LogP contribution is 2.23. The maximum atomic E-state index is 3.56. The summed E-state index contributed by atoms with van der Waals surface area (Å²) >= 11 is 1.78. The van der Waals surface area contributed by atoms with E-state index in [1.807, 2.05) is 0 Å². The van der Waals surface area contributed by atoms with Crippen molar-refractivity contribution in [2.45, 2.75) is 24.8 Å². The Labute approximate surface area is 114 Å². The SMILES string of the molecule is CSc1ccc(C(C)Nc2ccccc2C)cc1. The molecule has 0 aliphatic carbocycles. The Hall–Kier alpha value is -1.41. The van der Waals surface area contributed by atoms with Gasteiger partial charge in [0.05, 0.1) is 0 Å². The van der Waals surface area contributed by atoms with Crippen molar-refractivity contribution in [2.24, 2.45) is 0 Å². The summed E-state index contributed by atoms with van der Waals surface area (Å²) in [6, 6.07) is 17.5. The minimum atomic E-state index is 0.321. The Morgan fingerprint density at radius 1 is 1.00 bits per heavy atom. The molecule has 0 aromatic heterocycles. The third-order valence-electron chi connectivity index (χ3n) is 3.13. The van der Waals surface area contributed by atoms with Gasteiger partial charge in [0.25, 0.3) is 0 Å². The van der Waals surface area contributed by atoms with Crippen LogP contribution in [0.5, 0.6) is 0 Å². The number of benzene rings is 2. The average Bonchev–Trinajstić information content (AvgIpc) is 2.41. The number of nitrogens with one attached hydrogen (secondary N) is 1. The van der Waals surface area contributed by atoms with Crippen LogP contribution in [0.2, 0.25) is 0 Å². The monoisotopic (exact) mass is 257 g/mol. The van der Waals surface area contributed by atoms with Crippen LogP contribution < -0.4 is 5.32 Å². The second-order valence-electron chi connectivity index (χ2n) is 4.45. The van der Waals surface area contributed by atoms with Crippen LogP contribution in [-0.4, -0.2) is 6.26 Å². The zero-order valence-electron chi connectivity index (χ0n) is 11.1. The molecule has 2 aromatic rings. The van der Waals surface area contributed by atoms with Crippen molar-refractivity contribution in [2.75, 3.05) is 11.6 Å². The highest BCUT2D eigenvalue weighted by Gasteiger charge is 2.06. The molecule has 1 unspecified atom stereocenters. The Morgan fingerprint density at radius 3 is 2.28 bits per heavy atom. The molecule has 0 fully saturated rings. The fourth-order valence-electron chi connectivity index (χ4n) is 1.94. The zero-order chi connectivity index (χ0) is 13.0. The highest BCUT2D eigenvalue weighted by atomic mass is 32.2. The van der Waals surface area contributed by atoms with Crippen molar-refractivity contribution in [1.29, 1.82) is 0 Å². The predicted molar refractivity (Wildman–Crippen MR) is 81.4 cm³/mol. The lowest BCUT2D eigenvalue weighted by atomic mass is 10.1. The second-order valence-corrected chi connectivity index (χ2v) is 5.33. The van der Waals surface area contributed by atoms with E-state index in [2.05, 4.69) is 74.0 Å². The topological polar surface area (TPSA) is 12.0 Å². The van der Waals surface area contributed by atoms with Crippen LogP contribution in [0.15, 0.2) is 53.4 Å². The standard InChI is InChI=1S/C16H19NS/c1-12-6-4-5-7-16(12)17-13(2)14-8-10-15(18-3)11-9-14/h4-11,13,17H,1-3H3. The number of rotatable bonds is 4. The maximum Gasteiger partial charge on any atom is 0.0485 e. The minimum absolute atomic E-state index is 0.321. The van der Waals surface area contributed by atoms with Gasteiger partial charge in [0, 0.05) is 16.6 Å². The smallest absolute Gasteiger partial charge is 0.0485 e. The van der Waals surface area contributed by atoms with Gasteiger partial charge < -0.3 is 5.32 Å². The van der Waals surface area contributed by atoms with Crippen LogP contribution in [0, 0.1) is 6.92 Å². The van der Waals surface area contributed by atoms with Crippen molar-refractivity contribution in [3.63, 3.8) is 0 Å². The lowest BCUT2D eigenvalue weighted by Gasteiger charge is -2.17. The first kappa shape index (κ1) is 13.0. The summed E-state index contributed by atoms with van der Waals surface area (Å²) in [5.74, 6) is 0. The first-order valence-corrected chi connectivity index (χ1v) is 7.39. The largest absolute Gasteiger partial charge is 0.378 e. The molecule has 0 aliphatic heterocycles. The Morgan fingerprint density at radius 2 is 1.67 bits per heavy atom. The number of thioether (sulfide) groups is 1. The molecule has 1 N–H and O–H groups in total. The van der Waals surface area contributed by atoms with Crippen LogP contribution in [0.1, 0.15) is 24.1 Å². The van der Waals surface area contributed by atoms with Crippen LogP contribution in [0.3, 0.4) is 0 Å². The van der Waals surface area contributed by atoms with E-state index in [9.17, 15) is 0 Å². The summed E-state index contributed by atoms with van der Waals surface area (Å²) in [6.07, 6.45) is 2.10. The minimum Gasteiger partial charge on any atom is -0.378 e. The van der Waals surface area contributed by atoms with Crippen molar-refractivity contribution < 1.29 is 0 Å². The Balaban J connectivity index is 2.11. The van der Waals surface area contributed by atoms with E-state index in [4.69, 9.17) is 0 Å². The summed E-state index contributed by atoms with van der Waals surface area (Å²) in [5.41, 5.74) is 3.81. The normalized spacial score (nSPS) is 12.2. The first-order chi connectivity index (χ1) is 8.70. The van der Waals surface area contributed by atoms with E-state index in [1.165, 1.54) is 21.7 Å². The summed E-state index contributed by atoms with van der Waals surface area (Å²) in [6.45, 7) is 4.33. The molecule has 0 saturated heterocycles. The molecule has 0 aliphatic rings. The number of hydrogen-bond acceptors (Lipinski definition) is 2. The van der Waals surface area contributed by atoms with Crippen LogP contribution in [0.25, 0.3) is 0 Å². The van der Waals surface area contributed by atoms with E-state index < -0.39 is 0 Å². The fourth-order valence-corrected chi connectivity index (χ4v) is 2.35. The fraction of sp³-hybridized carbons (Fsp3) is 0.250. The van der Waals surface area contributed by atoms with E-state index in [1.54, 1.807) is 11.8 Å². The molecule has 0 amide bonds. The van der Waals surface area contributed by atoms with E-state index >= 15 is 0 Å². The van der Waals surface area contributed by atoms with Crippen LogP contribution in [-0.2, 0) is 0 Å². The van der Waals surface area contributed by atoms with Crippen LogP contribution >= 0.6 is 11.8 Å². The van der Waals surface area contributed by atoms with Gasteiger partial charge >= 0.3 is 0 Å². The number of para-hydroxylation sites is 1. The van der Waals surface area contributed by atoms with Gasteiger partial charge in [-0.3, -0.25) is 0 Å². The molecule has 2 heteroatoms. The summed E-state index contributed by atoms with van der Waals surface area (Å²) in [4.78, 5) is 1.31. The molecule has 2 aromatic carbocycles. The highest BCUT2D eigenvalue weighted by molar-refractivity contribution is 7.98. The third-order valence-corrected chi connectivity index (χ3v) is 3.88. The average molecular weight is 257 g/mol. The van der Waals surface area contributed by atoms with E-state index in [0.29, 0.717) is 6.04 Å². The lowest BCUT2D eigenvalue weighted by Crippen LogP contribution is -2.07. The second kappa shape index (κ2) is 5.96. The molecule has 0 bridgehead atoms. The molecule has 94 valence electrons. The van der Waals surface area contributed by atoms with Gasteiger partial charge in [-0.25, -0.2) is 0 Å². The van der Waals surface area contributed by atoms with Gasteiger partial charge in [0.15, 0.2) is 0 Å². The van der Waals surface area contributed by atoms with E-state index in [-0.39, 0.29) is 0 Å². The van der Waals surface area contributed by atoms with Crippen molar-refractivity contribution in [3.8, 4) is 0 Å². The van der Waals surface area contributed by atoms with Gasteiger partial charge in [-0.2, -0.15) is 0 Å². The summed E-state index contributed by atoms with van der Waals surface area (Å²) in [7, 11) is 0. The molecule has 1 atom stereocenters. The zero-order valence-corrected chi connectivity index (χ0v) is 11.9. The van der Waals surface area contributed by atoms with E-state index in [0.717, 1.165) is 0 Å². The first-order valence-electron chi connectivity index (χ1n) is 6.17. The number of hydrogen-bond donors (Lipinski definition) is 1. The van der Waals surface area contributed by atoms with Gasteiger partial charge in [0.2, 0.25) is 0 Å². The van der Waals surface area contributed by atoms with Crippen molar-refractivity contribution in [3.05, 3.63) is 59.7 Å². The Bertz CT molecular complexity index is 505. The predicted octanol–water partition coefficient (Wildman–Crippen LogP) is 4.89. The molecule has 18 heavy (non-hydrogen) atoms. The maximum absolute atomic E-state index is 3.56. The molecule has 0 heterocycles. The van der Waals surface area contributed by atoms with Crippen molar-refractivity contribution >= 4 is 17.4 Å². The van der Waals surface area contributed by atoms with Gasteiger partial charge in [0.1, 0.15) is 0 Å². The molecular formula is C16H19NS. The lowest BCUT2D eigenvalue weighted by molar-refractivity contribution is 0.880. The van der Waals surface area contributed by atoms with Gasteiger partial charge in [-0.05, 0) is 49.4 Å². The molecule has 1 nitrogen and oxygen atoms in total. The summed E-state index contributed by atoms with van der Waals surface area (Å²) < 4.78 is 0. The Kier molecular flexibility index (Phi) is 4.32. The molecule has 0 spiro atoms.